The third-order valence-electron chi connectivity index (χ3n) is 24.5. The lowest BCUT2D eigenvalue weighted by Crippen LogP contribution is -2.40. The zero-order chi connectivity index (χ0) is 105. The van der Waals surface area contributed by atoms with Crippen molar-refractivity contribution in [2.24, 2.45) is 0 Å². The molecular weight excluding hydrogens is 1980 g/mol. The van der Waals surface area contributed by atoms with E-state index in [2.05, 4.69) is 113 Å². The molecule has 5 N–H and O–H groups in total. The molecule has 4 aliphatic heterocycles. The lowest BCUT2D eigenvalue weighted by molar-refractivity contribution is -0.116. The molecule has 0 aliphatic carbocycles. The highest BCUT2D eigenvalue weighted by atomic mass is 32.2. The third kappa shape index (κ3) is 32.1. The van der Waals surface area contributed by atoms with Crippen molar-refractivity contribution in [3.05, 3.63) is 380 Å². The molecule has 37 heteroatoms. The molecule has 0 bridgehead atoms. The number of amides is 5. The number of carbonyl (C=O) groups is 5. The van der Waals surface area contributed by atoms with Crippen molar-refractivity contribution < 1.29 is 53.8 Å². The maximum Gasteiger partial charge on any atom is 0.229 e. The number of hydrogen-bond donors (Lipinski definition) is 5. The van der Waals surface area contributed by atoms with Gasteiger partial charge < -0.3 is 46.2 Å². The van der Waals surface area contributed by atoms with E-state index < -0.39 is 29.2 Å². The van der Waals surface area contributed by atoms with E-state index in [-0.39, 0.29) is 107 Å². The van der Waals surface area contributed by atoms with E-state index in [4.69, 9.17) is 0 Å². The largest absolute Gasteiger partial charge is 0.369 e. The number of aromatic nitrogens is 12. The number of pyridine rings is 8. The summed E-state index contributed by atoms with van der Waals surface area (Å²) in [7, 11) is -7.49. The van der Waals surface area contributed by atoms with E-state index in [0.29, 0.717) is 102 Å². The quantitative estimate of drug-likeness (QED) is 0.0332. The highest BCUT2D eigenvalue weighted by Gasteiger charge is 2.26. The molecular formula is C113H109F2N21O10S4. The van der Waals surface area contributed by atoms with Crippen LogP contribution < -0.4 is 46.2 Å². The van der Waals surface area contributed by atoms with Crippen LogP contribution in [0.3, 0.4) is 0 Å². The highest BCUT2D eigenvalue weighted by Crippen LogP contribution is 2.30. The normalized spacial score (nSPS) is 14.3. The minimum absolute atomic E-state index is 0.110. The lowest BCUT2D eigenvalue weighted by Gasteiger charge is -2.29. The van der Waals surface area contributed by atoms with E-state index in [1.54, 1.807) is 129 Å². The van der Waals surface area contributed by atoms with Gasteiger partial charge in [0, 0.05) is 170 Å². The van der Waals surface area contributed by atoms with E-state index in [0.717, 1.165) is 126 Å². The maximum atomic E-state index is 13.4. The van der Waals surface area contributed by atoms with Gasteiger partial charge in [0.1, 0.15) is 34.9 Å². The molecule has 16 aromatic rings. The van der Waals surface area contributed by atoms with Crippen LogP contribution >= 0.6 is 10.5 Å². The van der Waals surface area contributed by atoms with Crippen LogP contribution in [0.1, 0.15) is 33.5 Å². The van der Waals surface area contributed by atoms with Crippen LogP contribution in [0.15, 0.2) is 335 Å². The van der Waals surface area contributed by atoms with Crippen LogP contribution in [0.25, 0.3) is 67.4 Å². The highest BCUT2D eigenvalue weighted by molar-refractivity contribution is 8.14. The zero-order valence-corrected chi connectivity index (χ0v) is 85.4. The summed E-state index contributed by atoms with van der Waals surface area (Å²) in [6.45, 7) is 7.19. The number of carbonyl (C=O) groups excluding carboxylic acids is 5. The number of aryl methyl sites for hydroxylation is 1. The zero-order valence-electron chi connectivity index (χ0n) is 82.1. The van der Waals surface area contributed by atoms with E-state index >= 15 is 0 Å². The summed E-state index contributed by atoms with van der Waals surface area (Å²) >= 11 is 0. The molecule has 4 aliphatic rings. The summed E-state index contributed by atoms with van der Waals surface area (Å²) in [5, 5.41) is 22.1. The van der Waals surface area contributed by atoms with Crippen LogP contribution in [0.2, 0.25) is 0 Å². The van der Waals surface area contributed by atoms with Gasteiger partial charge in [-0.3, -0.25) is 58.1 Å². The molecule has 150 heavy (non-hydrogen) atoms. The summed E-state index contributed by atoms with van der Waals surface area (Å²) < 4.78 is 84.9. The van der Waals surface area contributed by atoms with Crippen molar-refractivity contribution in [1.82, 2.24) is 60.0 Å². The minimum Gasteiger partial charge on any atom is -0.369 e. The smallest absolute Gasteiger partial charge is 0.229 e. The van der Waals surface area contributed by atoms with E-state index in [1.165, 1.54) is 24.3 Å². The number of nitrogens with one attached hydrogen (secondary N) is 5. The molecule has 0 saturated carbocycles. The fourth-order valence-electron chi connectivity index (χ4n) is 16.3. The molecule has 4 fully saturated rings. The van der Waals surface area contributed by atoms with Crippen LogP contribution in [-0.2, 0) is 85.3 Å². The van der Waals surface area contributed by atoms with Crippen molar-refractivity contribution in [3.63, 3.8) is 0 Å². The van der Waals surface area contributed by atoms with Gasteiger partial charge in [-0.25, -0.2) is 45.6 Å². The second-order valence-electron chi connectivity index (χ2n) is 35.8. The van der Waals surface area contributed by atoms with Gasteiger partial charge in [-0.2, -0.15) is 20.7 Å². The molecule has 10 aromatic heterocycles. The second-order valence-corrected chi connectivity index (χ2v) is 45.2. The summed E-state index contributed by atoms with van der Waals surface area (Å²) in [6, 6.07) is 78.9. The Balaban J connectivity index is 0.000000133. The summed E-state index contributed by atoms with van der Waals surface area (Å²) in [4.78, 5) is 113. The number of anilines is 9. The minimum atomic E-state index is -2.93. The van der Waals surface area contributed by atoms with E-state index in [1.807, 2.05) is 194 Å². The average molecular weight is 2090 g/mol. The monoisotopic (exact) mass is 2090 g/mol. The van der Waals surface area contributed by atoms with Crippen molar-refractivity contribution in [3.8, 4) is 67.4 Å². The van der Waals surface area contributed by atoms with Crippen LogP contribution in [0.4, 0.5) is 60.5 Å². The van der Waals surface area contributed by atoms with Gasteiger partial charge in [-0.15, -0.1) is 0 Å². The van der Waals surface area contributed by atoms with Crippen LogP contribution in [0.5, 0.6) is 0 Å². The Morgan fingerprint density at radius 2 is 0.747 bits per heavy atom. The number of halogens is 2. The van der Waals surface area contributed by atoms with Gasteiger partial charge in [0.25, 0.3) is 0 Å². The molecule has 0 spiro atoms. The van der Waals surface area contributed by atoms with Crippen molar-refractivity contribution >= 4 is 133 Å². The number of sulfone groups is 2. The molecule has 31 nitrogen and oxygen atoms in total. The topological polar surface area (TPSA) is 398 Å². The Hall–Kier alpha value is -16.8. The molecule has 764 valence electrons. The molecule has 20 rings (SSSR count). The van der Waals surface area contributed by atoms with Crippen LogP contribution in [-0.4, -0.2) is 221 Å². The first-order chi connectivity index (χ1) is 72.6. The standard InChI is InChI=1S/C23H23FN4O2S.C23H23FN4OS.C23H19N5O.C23H23N3O3S.C21H21N5O3S/c1-31(30)11-9-28(10-12-31)22-8-5-17(15-26-22)13-23(29)27-20-6-7-21(25-16-20)18-3-2-4-19(24)14-18;1-30-11-9-28(10-12-30)22-8-5-17(15-26-22)13-23(29)27-20-6-7-21(25-16-20)18-3-2-4-19(24)14-18;1-16-13-19(10-12-24-16)18-6-4-17(5-7-18)14-23(29)27-22-9-8-20(15-25-22)21-3-2-11-26-28-21;27-23(25-20-8-11-22(24-17-20)19-4-2-1-3-5-19)16-18-6-9-21(10-7-18)26-12-14-30(28,29)15-13-26;27-21(25-18-4-2-17(3-5-18)19-15-22-7-8-23-19)13-16-1-6-20(24-14-16)26-9-11-30(28,29)12-10-26/h2-8,14-16H,1,9-13H2,(H,27,29);2-8,14-16H,1,9-13H2,(H,27,29);2-13,15H,14H2,1H3,(H,25,27,29);1-11,17H,12-16H2,(H,25,27);1-8,14-15H,9-13H2,(H,25,27). The number of hydrogen-bond acceptors (Lipinski definition) is 26. The Kier molecular flexibility index (Phi) is 36.1. The molecule has 0 radical (unpaired) electrons. The molecule has 5 amide bonds. The molecule has 0 unspecified atom stereocenters. The summed E-state index contributed by atoms with van der Waals surface area (Å²) in [5.74, 6) is 13.7. The van der Waals surface area contributed by atoms with Gasteiger partial charge in [0.05, 0.1) is 125 Å². The Morgan fingerprint density at radius 1 is 0.320 bits per heavy atom. The fraction of sp³-hybridized carbons (Fsp3) is 0.195. The fourth-order valence-corrected chi connectivity index (χ4v) is 21.2. The number of nitrogens with zero attached hydrogens (tertiary/aromatic N) is 16. The first-order valence-corrected chi connectivity index (χ1v) is 55.7. The van der Waals surface area contributed by atoms with Gasteiger partial charge in [-0.1, -0.05) is 127 Å². The Labute approximate surface area is 871 Å². The lowest BCUT2D eigenvalue weighted by atomic mass is 10.0. The van der Waals surface area contributed by atoms with Crippen LogP contribution in [0, 0.1) is 18.6 Å². The number of rotatable bonds is 25. The SMILES string of the molecule is C=S1(=O)CCN(c2ccc(CC(=O)Nc3ccc(-c4cccc(F)c4)nc3)cn2)CC1.C=S1CCN(c2ccc(CC(=O)Nc3ccc(-c4cccc(F)c4)nc3)cn2)CC1.Cc1cc(-c2ccc(CC(=O)Nc3ccc(-c4cccnn4)cn3)cc2)ccn1.O=C(Cc1ccc(N2CCS(=O)(=O)CC2)cc1)Nc1ccc(-c2ccccc2)nc1.O=C(Cc1ccc(N2CCS(=O)(=O)CC2)nc1)Nc1ccc(-c2cnccn2)cc1. The van der Waals surface area contributed by atoms with Crippen molar-refractivity contribution in [1.29, 1.82) is 0 Å². The molecule has 0 atom stereocenters. The van der Waals surface area contributed by atoms with Crippen molar-refractivity contribution in [2.45, 2.75) is 39.0 Å². The second kappa shape index (κ2) is 51.0. The number of benzene rings is 6. The van der Waals surface area contributed by atoms with Gasteiger partial charge in [-0.05, 0) is 201 Å². The molecule has 4 saturated heterocycles. The van der Waals surface area contributed by atoms with Gasteiger partial charge in [0.15, 0.2) is 19.7 Å². The Bertz CT molecular complexity index is 7470. The van der Waals surface area contributed by atoms with Crippen molar-refractivity contribution in [2.75, 3.05) is 145 Å². The molecule has 6 aromatic carbocycles. The van der Waals surface area contributed by atoms with Gasteiger partial charge >= 0.3 is 0 Å². The predicted molar refractivity (Wildman–Crippen MR) is 593 cm³/mol. The first kappa shape index (κ1) is 106. The molecule has 14 heterocycles. The third-order valence-corrected chi connectivity index (χ3v) is 31.1. The van der Waals surface area contributed by atoms with Gasteiger partial charge in [0.2, 0.25) is 29.5 Å². The Morgan fingerprint density at radius 3 is 1.19 bits per heavy atom. The predicted octanol–water partition coefficient (Wildman–Crippen LogP) is 16.2. The summed E-state index contributed by atoms with van der Waals surface area (Å²) in [5.41, 5.74) is 18.8. The average Bonchev–Trinajstić information content (AvgIpc) is 0.826. The summed E-state index contributed by atoms with van der Waals surface area (Å²) in [6.07, 6.45) is 21.1. The first-order valence-electron chi connectivity index (χ1n) is 48.3. The van der Waals surface area contributed by atoms with E-state index in [9.17, 15) is 53.8 Å². The maximum absolute atomic E-state index is 13.4.